The van der Waals surface area contributed by atoms with Crippen molar-refractivity contribution in [3.63, 3.8) is 0 Å². The Kier molecular flexibility index (Phi) is 7.24. The molecule has 156 valence electrons. The average Bonchev–Trinajstić information content (AvgIpc) is 3.08. The molecule has 1 aromatic carbocycles. The number of hydrogen-bond acceptors (Lipinski definition) is 7. The Hall–Kier alpha value is -3.13. The number of esters is 1. The fourth-order valence-electron chi connectivity index (χ4n) is 2.77. The number of carbonyl (C=O) groups is 2. The zero-order chi connectivity index (χ0) is 21.5. The summed E-state index contributed by atoms with van der Waals surface area (Å²) in [6.07, 6.45) is 1.62. The van der Waals surface area contributed by atoms with E-state index in [0.717, 1.165) is 22.6 Å². The number of carbonyl (C=O) groups excluding carboxylic acids is 2. The van der Waals surface area contributed by atoms with E-state index >= 15 is 0 Å². The first-order chi connectivity index (χ1) is 14.5. The molecule has 0 N–H and O–H groups in total. The zero-order valence-corrected chi connectivity index (χ0v) is 17.9. The maximum Gasteiger partial charge on any atom is 0.341 e. The van der Waals surface area contributed by atoms with Gasteiger partial charge in [-0.15, -0.1) is 11.8 Å². The topological polar surface area (TPSA) is 85.5 Å². The molecule has 0 aliphatic heterocycles. The van der Waals surface area contributed by atoms with E-state index in [-0.39, 0.29) is 12.5 Å². The van der Waals surface area contributed by atoms with Gasteiger partial charge in [0.25, 0.3) is 5.91 Å². The van der Waals surface area contributed by atoms with Crippen molar-refractivity contribution in [2.24, 2.45) is 0 Å². The van der Waals surface area contributed by atoms with Crippen LogP contribution in [0.2, 0.25) is 0 Å². The van der Waals surface area contributed by atoms with E-state index in [1.807, 2.05) is 44.2 Å². The maximum absolute atomic E-state index is 12.6. The number of aromatic nitrogens is 2. The Labute approximate surface area is 179 Å². The summed E-state index contributed by atoms with van der Waals surface area (Å²) in [5.41, 5.74) is 3.12. The van der Waals surface area contributed by atoms with Crippen LogP contribution in [0.5, 0.6) is 0 Å². The van der Waals surface area contributed by atoms with Crippen LogP contribution in [0.15, 0.2) is 58.2 Å². The number of likely N-dealkylation sites (N-methyl/N-ethyl adjacent to an activating group) is 1. The summed E-state index contributed by atoms with van der Waals surface area (Å²) in [4.78, 5) is 30.7. The molecule has 2 aromatic heterocycles. The number of pyridine rings is 1. The van der Waals surface area contributed by atoms with E-state index in [9.17, 15) is 9.59 Å². The van der Waals surface area contributed by atoms with Crippen LogP contribution in [0, 0.1) is 13.8 Å². The van der Waals surface area contributed by atoms with Crippen LogP contribution in [0.1, 0.15) is 32.9 Å². The summed E-state index contributed by atoms with van der Waals surface area (Å²) in [7, 11) is 1.68. The lowest BCUT2D eigenvalue weighted by Gasteiger charge is -2.17. The second kappa shape index (κ2) is 10.1. The fourth-order valence-corrected chi connectivity index (χ4v) is 3.91. The minimum Gasteiger partial charge on any atom is -0.452 e. The van der Waals surface area contributed by atoms with Crippen molar-refractivity contribution in [1.82, 2.24) is 15.0 Å². The molecule has 0 aliphatic rings. The quantitative estimate of drug-likeness (QED) is 0.401. The lowest BCUT2D eigenvalue weighted by Crippen LogP contribution is -2.30. The summed E-state index contributed by atoms with van der Waals surface area (Å²) in [5, 5.41) is 4.47. The summed E-state index contributed by atoms with van der Waals surface area (Å²) < 4.78 is 10.4. The molecule has 0 saturated heterocycles. The molecule has 1 amide bonds. The summed E-state index contributed by atoms with van der Waals surface area (Å²) >= 11 is 1.40. The second-order valence-corrected chi connectivity index (χ2v) is 7.72. The minimum atomic E-state index is -0.578. The van der Waals surface area contributed by atoms with E-state index in [2.05, 4.69) is 10.1 Å². The first-order valence-electron chi connectivity index (χ1n) is 9.40. The number of aryl methyl sites for hydroxylation is 2. The monoisotopic (exact) mass is 425 g/mol. The minimum absolute atomic E-state index is 0.277. The van der Waals surface area contributed by atoms with Gasteiger partial charge in [0, 0.05) is 31.1 Å². The van der Waals surface area contributed by atoms with E-state index < -0.39 is 5.97 Å². The van der Waals surface area contributed by atoms with E-state index in [1.54, 1.807) is 25.4 Å². The zero-order valence-electron chi connectivity index (χ0n) is 17.1. The molecule has 7 nitrogen and oxygen atoms in total. The van der Waals surface area contributed by atoms with E-state index in [1.165, 1.54) is 16.7 Å². The van der Waals surface area contributed by atoms with Gasteiger partial charge in [0.2, 0.25) is 0 Å². The fraction of sp³-hybridized carbons (Fsp3) is 0.273. The highest BCUT2D eigenvalue weighted by Gasteiger charge is 2.18. The van der Waals surface area contributed by atoms with Crippen LogP contribution < -0.4 is 0 Å². The Morgan fingerprint density at radius 2 is 1.90 bits per heavy atom. The average molecular weight is 426 g/mol. The smallest absolute Gasteiger partial charge is 0.341 e. The lowest BCUT2D eigenvalue weighted by atomic mass is 10.2. The van der Waals surface area contributed by atoms with Gasteiger partial charge in [-0.3, -0.25) is 4.79 Å². The van der Waals surface area contributed by atoms with Crippen LogP contribution in [0.25, 0.3) is 0 Å². The summed E-state index contributed by atoms with van der Waals surface area (Å²) in [5.74, 6) is 0.455. The molecule has 2 heterocycles. The maximum atomic E-state index is 12.6. The summed E-state index contributed by atoms with van der Waals surface area (Å²) in [6, 6.07) is 12.9. The molecule has 0 spiro atoms. The number of ether oxygens (including phenoxy) is 1. The van der Waals surface area contributed by atoms with Gasteiger partial charge in [-0.25, -0.2) is 9.78 Å². The molecule has 3 rings (SSSR count). The van der Waals surface area contributed by atoms with Crippen molar-refractivity contribution in [2.45, 2.75) is 31.2 Å². The molecule has 0 fully saturated rings. The Balaban J connectivity index is 1.58. The molecule has 3 aromatic rings. The van der Waals surface area contributed by atoms with Crippen molar-refractivity contribution in [3.05, 3.63) is 76.8 Å². The number of rotatable bonds is 8. The Morgan fingerprint density at radius 3 is 2.60 bits per heavy atom. The molecule has 0 atom stereocenters. The van der Waals surface area contributed by atoms with Crippen LogP contribution >= 0.6 is 11.8 Å². The van der Waals surface area contributed by atoms with Gasteiger partial charge < -0.3 is 14.2 Å². The molecule has 0 bridgehead atoms. The van der Waals surface area contributed by atoms with Gasteiger partial charge >= 0.3 is 5.97 Å². The van der Waals surface area contributed by atoms with Gasteiger partial charge in [-0.1, -0.05) is 35.5 Å². The predicted molar refractivity (Wildman–Crippen MR) is 113 cm³/mol. The Morgan fingerprint density at radius 1 is 1.13 bits per heavy atom. The van der Waals surface area contributed by atoms with Gasteiger partial charge in [-0.05, 0) is 31.5 Å². The summed E-state index contributed by atoms with van der Waals surface area (Å²) in [6.45, 7) is 3.84. The first kappa shape index (κ1) is 21.6. The van der Waals surface area contributed by atoms with Crippen LogP contribution in [0.4, 0.5) is 0 Å². The molecular weight excluding hydrogens is 402 g/mol. The SMILES string of the molecule is Cc1noc(C)c1CSc1ncccc1C(=O)OCC(=O)N(C)Cc1ccccc1. The highest BCUT2D eigenvalue weighted by atomic mass is 32.2. The molecule has 0 radical (unpaired) electrons. The van der Waals surface area contributed by atoms with Gasteiger partial charge in [0.1, 0.15) is 10.8 Å². The first-order valence-corrected chi connectivity index (χ1v) is 10.4. The van der Waals surface area contributed by atoms with Crippen molar-refractivity contribution >= 4 is 23.6 Å². The van der Waals surface area contributed by atoms with Crippen LogP contribution in [0.3, 0.4) is 0 Å². The number of hydrogen-bond donors (Lipinski definition) is 0. The largest absolute Gasteiger partial charge is 0.452 e. The molecule has 8 heteroatoms. The molecule has 0 aliphatic carbocycles. The van der Waals surface area contributed by atoms with Crippen molar-refractivity contribution in [2.75, 3.05) is 13.7 Å². The predicted octanol–water partition coefficient (Wildman–Crippen LogP) is 3.79. The number of benzene rings is 1. The van der Waals surface area contributed by atoms with E-state index in [0.29, 0.717) is 22.9 Å². The highest BCUT2D eigenvalue weighted by Crippen LogP contribution is 2.27. The van der Waals surface area contributed by atoms with Crippen molar-refractivity contribution in [1.29, 1.82) is 0 Å². The number of nitrogens with zero attached hydrogens (tertiary/aromatic N) is 3. The van der Waals surface area contributed by atoms with Crippen LogP contribution in [-0.2, 0) is 21.8 Å². The molecule has 0 saturated carbocycles. The molecular formula is C22H23N3O4S. The highest BCUT2D eigenvalue weighted by molar-refractivity contribution is 7.98. The molecule has 30 heavy (non-hydrogen) atoms. The van der Waals surface area contributed by atoms with E-state index in [4.69, 9.17) is 9.26 Å². The van der Waals surface area contributed by atoms with Gasteiger partial charge in [-0.2, -0.15) is 0 Å². The second-order valence-electron chi connectivity index (χ2n) is 6.76. The standard InChI is InChI=1S/C22H23N3O4S/c1-15-19(16(2)29-24-15)14-30-21-18(10-7-11-23-21)22(27)28-13-20(26)25(3)12-17-8-5-4-6-9-17/h4-11H,12-14H2,1-3H3. The van der Waals surface area contributed by atoms with Crippen molar-refractivity contribution in [3.8, 4) is 0 Å². The lowest BCUT2D eigenvalue weighted by molar-refractivity contribution is -0.133. The number of amides is 1. The molecule has 0 unspecified atom stereocenters. The third kappa shape index (κ3) is 5.48. The Bertz CT molecular complexity index is 1000. The third-order valence-corrected chi connectivity index (χ3v) is 5.57. The third-order valence-electron chi connectivity index (χ3n) is 4.54. The number of thioether (sulfide) groups is 1. The van der Waals surface area contributed by atoms with Crippen molar-refractivity contribution < 1.29 is 18.8 Å². The van der Waals surface area contributed by atoms with Gasteiger partial charge in [0.05, 0.1) is 11.3 Å². The van der Waals surface area contributed by atoms with Gasteiger partial charge in [0.15, 0.2) is 6.61 Å². The van der Waals surface area contributed by atoms with Crippen LogP contribution in [-0.4, -0.2) is 40.6 Å². The normalized spacial score (nSPS) is 10.6.